The van der Waals surface area contributed by atoms with Crippen molar-refractivity contribution in [2.45, 2.75) is 77.7 Å². The van der Waals surface area contributed by atoms with E-state index >= 15 is 0 Å². The topological polar surface area (TPSA) is 104 Å². The summed E-state index contributed by atoms with van der Waals surface area (Å²) in [6.07, 6.45) is 6.96. The summed E-state index contributed by atoms with van der Waals surface area (Å²) >= 11 is 0. The summed E-state index contributed by atoms with van der Waals surface area (Å²) in [5.74, 6) is -1.21. The van der Waals surface area contributed by atoms with Gasteiger partial charge < -0.3 is 15.5 Å². The summed E-state index contributed by atoms with van der Waals surface area (Å²) in [6, 6.07) is -1.11. The van der Waals surface area contributed by atoms with E-state index in [9.17, 15) is 14.4 Å². The Labute approximate surface area is 144 Å². The summed E-state index contributed by atoms with van der Waals surface area (Å²) < 4.78 is 0. The summed E-state index contributed by atoms with van der Waals surface area (Å²) in [7, 11) is 0. The maximum atomic E-state index is 12.2. The Balaban J connectivity index is 2.35. The monoisotopic (exact) mass is 341 g/mol. The number of hydrogen-bond donors (Lipinski definition) is 3. The molecule has 0 aromatic heterocycles. The maximum Gasteiger partial charge on any atom is 0.326 e. The molecule has 3 N–H and O–H groups in total. The molecule has 0 aliphatic heterocycles. The highest BCUT2D eigenvalue weighted by molar-refractivity contribution is 5.85. The van der Waals surface area contributed by atoms with E-state index in [1.54, 1.807) is 0 Å². The van der Waals surface area contributed by atoms with E-state index in [0.29, 0.717) is 5.92 Å². The smallest absolute Gasteiger partial charge is 0.326 e. The highest BCUT2D eigenvalue weighted by Crippen LogP contribution is 2.32. The molecule has 138 valence electrons. The van der Waals surface area contributed by atoms with E-state index in [2.05, 4.69) is 19.2 Å². The van der Waals surface area contributed by atoms with Crippen LogP contribution in [0.4, 0.5) is 0 Å². The number of carbonyl (C=O) groups excluding carboxylic acids is 1. The van der Waals surface area contributed by atoms with E-state index in [1.165, 1.54) is 19.3 Å². The van der Waals surface area contributed by atoms with Gasteiger partial charge in [0.2, 0.25) is 5.91 Å². The lowest BCUT2D eigenvalue weighted by atomic mass is 9.79. The molecule has 0 radical (unpaired) electrons. The Morgan fingerprint density at radius 2 is 1.67 bits per heavy atom. The molecule has 0 heterocycles. The number of carboxylic acids is 2. The number of hydrogen-bond acceptors (Lipinski definition) is 3. The molecule has 0 aromatic carbocycles. The molecule has 0 spiro atoms. The first-order valence-electron chi connectivity index (χ1n) is 9.04. The first kappa shape index (κ1) is 20.5. The number of amides is 1. The fourth-order valence-electron chi connectivity index (χ4n) is 3.34. The average molecular weight is 341 g/mol. The molecule has 0 saturated heterocycles. The lowest BCUT2D eigenvalue weighted by molar-refractivity contribution is -0.144. The molecule has 1 unspecified atom stereocenters. The molecule has 0 aromatic rings. The van der Waals surface area contributed by atoms with Crippen LogP contribution in [0.15, 0.2) is 0 Å². The van der Waals surface area contributed by atoms with E-state index in [4.69, 9.17) is 10.2 Å². The van der Waals surface area contributed by atoms with E-state index in [-0.39, 0.29) is 24.7 Å². The Morgan fingerprint density at radius 1 is 1.04 bits per heavy atom. The zero-order valence-corrected chi connectivity index (χ0v) is 14.8. The predicted octanol–water partition coefficient (Wildman–Crippen LogP) is 3.05. The first-order valence-corrected chi connectivity index (χ1v) is 9.04. The summed E-state index contributed by atoms with van der Waals surface area (Å²) in [4.78, 5) is 34.0. The number of nitrogens with one attached hydrogen (secondary N) is 1. The van der Waals surface area contributed by atoms with Crippen LogP contribution in [0.5, 0.6) is 0 Å². The van der Waals surface area contributed by atoms with Crippen molar-refractivity contribution in [1.82, 2.24) is 5.32 Å². The van der Waals surface area contributed by atoms with Crippen molar-refractivity contribution in [3.63, 3.8) is 0 Å². The van der Waals surface area contributed by atoms with Gasteiger partial charge in [0.25, 0.3) is 0 Å². The van der Waals surface area contributed by atoms with Crippen molar-refractivity contribution in [2.75, 3.05) is 0 Å². The average Bonchev–Trinajstić information content (AvgIpc) is 2.51. The highest BCUT2D eigenvalue weighted by atomic mass is 16.4. The van der Waals surface area contributed by atoms with Crippen molar-refractivity contribution in [1.29, 1.82) is 0 Å². The zero-order chi connectivity index (χ0) is 18.1. The van der Waals surface area contributed by atoms with Crippen molar-refractivity contribution >= 4 is 17.8 Å². The molecule has 1 aliphatic carbocycles. The minimum atomic E-state index is -1.17. The quantitative estimate of drug-likeness (QED) is 0.566. The number of rotatable bonds is 10. The van der Waals surface area contributed by atoms with Gasteiger partial charge >= 0.3 is 11.9 Å². The SMILES string of the molecule is CC(C)CCC[C@H]1CC[C@@H](C(=O)NC(CCC(=O)O)C(=O)O)CC1. The molecule has 24 heavy (non-hydrogen) atoms. The molecule has 1 amide bonds. The lowest BCUT2D eigenvalue weighted by Crippen LogP contribution is -2.44. The second-order valence-corrected chi connectivity index (χ2v) is 7.37. The van der Waals surface area contributed by atoms with Crippen molar-refractivity contribution < 1.29 is 24.6 Å². The second-order valence-electron chi connectivity index (χ2n) is 7.37. The van der Waals surface area contributed by atoms with Gasteiger partial charge in [0.1, 0.15) is 6.04 Å². The van der Waals surface area contributed by atoms with Gasteiger partial charge in [0.15, 0.2) is 0 Å². The van der Waals surface area contributed by atoms with Crippen LogP contribution in [0.1, 0.15) is 71.6 Å². The molecule has 6 heteroatoms. The Kier molecular flexibility index (Phi) is 8.79. The van der Waals surface area contributed by atoms with Crippen molar-refractivity contribution in [3.8, 4) is 0 Å². The van der Waals surface area contributed by atoms with Crippen LogP contribution in [0.2, 0.25) is 0 Å². The molecular formula is C18H31NO5. The number of carbonyl (C=O) groups is 3. The number of aliphatic carboxylic acids is 2. The van der Waals surface area contributed by atoms with Crippen LogP contribution in [0, 0.1) is 17.8 Å². The van der Waals surface area contributed by atoms with Gasteiger partial charge in [-0.3, -0.25) is 9.59 Å². The molecule has 1 aliphatic rings. The largest absolute Gasteiger partial charge is 0.481 e. The summed E-state index contributed by atoms with van der Waals surface area (Å²) in [5.41, 5.74) is 0. The predicted molar refractivity (Wildman–Crippen MR) is 90.6 cm³/mol. The third-order valence-electron chi connectivity index (χ3n) is 4.87. The number of carboxylic acid groups (broad SMARTS) is 2. The van der Waals surface area contributed by atoms with E-state index in [0.717, 1.165) is 31.6 Å². The third kappa shape index (κ3) is 7.79. The van der Waals surface area contributed by atoms with Gasteiger partial charge in [-0.25, -0.2) is 4.79 Å². The van der Waals surface area contributed by atoms with Crippen LogP contribution >= 0.6 is 0 Å². The standard InChI is InChI=1S/C18H31NO5/c1-12(2)4-3-5-13-6-8-14(9-7-13)17(22)19-15(18(23)24)10-11-16(20)21/h12-15H,3-11H2,1-2H3,(H,19,22)(H,20,21)(H,23,24)/t13-,14+,15?. The normalized spacial score (nSPS) is 22.1. The summed E-state index contributed by atoms with van der Waals surface area (Å²) in [6.45, 7) is 4.45. The Hall–Kier alpha value is -1.59. The second kappa shape index (κ2) is 10.3. The molecule has 6 nitrogen and oxygen atoms in total. The van der Waals surface area contributed by atoms with Crippen molar-refractivity contribution in [3.05, 3.63) is 0 Å². The fourth-order valence-corrected chi connectivity index (χ4v) is 3.34. The first-order chi connectivity index (χ1) is 11.3. The Bertz CT molecular complexity index is 427. The van der Waals surface area contributed by atoms with E-state index in [1.807, 2.05) is 0 Å². The van der Waals surface area contributed by atoms with Gasteiger partial charge in [0.05, 0.1) is 0 Å². The van der Waals surface area contributed by atoms with Crippen molar-refractivity contribution in [2.24, 2.45) is 17.8 Å². The summed E-state index contributed by atoms with van der Waals surface area (Å²) in [5, 5.41) is 20.3. The minimum Gasteiger partial charge on any atom is -0.481 e. The van der Waals surface area contributed by atoms with Crippen LogP contribution in [0.25, 0.3) is 0 Å². The van der Waals surface area contributed by atoms with Gasteiger partial charge in [0, 0.05) is 12.3 Å². The lowest BCUT2D eigenvalue weighted by Gasteiger charge is -2.28. The minimum absolute atomic E-state index is 0.0824. The molecule has 1 saturated carbocycles. The molecular weight excluding hydrogens is 310 g/mol. The van der Waals surface area contributed by atoms with Gasteiger partial charge in [-0.2, -0.15) is 0 Å². The zero-order valence-electron chi connectivity index (χ0n) is 14.8. The van der Waals surface area contributed by atoms with Gasteiger partial charge in [-0.1, -0.05) is 33.1 Å². The molecule has 1 fully saturated rings. The van der Waals surface area contributed by atoms with Crippen LogP contribution in [-0.2, 0) is 14.4 Å². The van der Waals surface area contributed by atoms with Gasteiger partial charge in [-0.05, 0) is 43.9 Å². The fraction of sp³-hybridized carbons (Fsp3) is 0.833. The van der Waals surface area contributed by atoms with Crippen LogP contribution in [-0.4, -0.2) is 34.1 Å². The van der Waals surface area contributed by atoms with Crippen LogP contribution in [0.3, 0.4) is 0 Å². The van der Waals surface area contributed by atoms with E-state index < -0.39 is 18.0 Å². The maximum absolute atomic E-state index is 12.2. The Morgan fingerprint density at radius 3 is 2.17 bits per heavy atom. The van der Waals surface area contributed by atoms with Gasteiger partial charge in [-0.15, -0.1) is 0 Å². The highest BCUT2D eigenvalue weighted by Gasteiger charge is 2.29. The molecule has 1 atom stereocenters. The molecule has 0 bridgehead atoms. The van der Waals surface area contributed by atoms with Crippen LogP contribution < -0.4 is 5.32 Å². The molecule has 1 rings (SSSR count). The third-order valence-corrected chi connectivity index (χ3v) is 4.87.